The molecule has 0 amide bonds. The molecule has 1 rings (SSSR count). The molecule has 0 spiro atoms. The standard InChI is InChI=1S/C10H10O3S/c1-8(10(11)12)7-14(13)9-5-3-2-4-6-9/h2-6H,1,7H2,(H,11,12). The van der Waals surface area contributed by atoms with Crippen LogP contribution in [-0.4, -0.2) is 21.4 Å². The topological polar surface area (TPSA) is 60.4 Å². The Labute approximate surface area is 85.3 Å². The lowest BCUT2D eigenvalue weighted by Gasteiger charge is -2.09. The SMILES string of the molecule is C=C(C[S+]([O-])c1ccccc1)C(=O)O. The predicted molar refractivity (Wildman–Crippen MR) is 54.5 cm³/mol. The van der Waals surface area contributed by atoms with Crippen molar-refractivity contribution in [3.8, 4) is 0 Å². The number of carboxylic acids is 1. The number of carboxylic acid groups (broad SMARTS) is 1. The van der Waals surface area contributed by atoms with Gasteiger partial charge < -0.3 is 9.66 Å². The molecule has 3 nitrogen and oxygen atoms in total. The molecule has 0 aliphatic heterocycles. The number of hydrogen-bond donors (Lipinski definition) is 1. The third kappa shape index (κ3) is 2.90. The van der Waals surface area contributed by atoms with Crippen molar-refractivity contribution in [1.29, 1.82) is 0 Å². The normalized spacial score (nSPS) is 12.1. The van der Waals surface area contributed by atoms with E-state index in [2.05, 4.69) is 6.58 Å². The van der Waals surface area contributed by atoms with Gasteiger partial charge in [-0.2, -0.15) is 0 Å². The van der Waals surface area contributed by atoms with Gasteiger partial charge in [0.1, 0.15) is 5.75 Å². The molecule has 1 aromatic rings. The summed E-state index contributed by atoms with van der Waals surface area (Å²) < 4.78 is 11.5. The lowest BCUT2D eigenvalue weighted by Crippen LogP contribution is -2.13. The number of hydrogen-bond acceptors (Lipinski definition) is 2. The Hall–Kier alpha value is -1.26. The third-order valence-electron chi connectivity index (χ3n) is 1.61. The van der Waals surface area contributed by atoms with Crippen LogP contribution in [0.4, 0.5) is 0 Å². The molecule has 0 radical (unpaired) electrons. The van der Waals surface area contributed by atoms with Crippen LogP contribution >= 0.6 is 0 Å². The fourth-order valence-electron chi connectivity index (χ4n) is 0.876. The first-order valence-electron chi connectivity index (χ1n) is 3.95. The number of aliphatic carboxylic acids is 1. The van der Waals surface area contributed by atoms with Gasteiger partial charge in [-0.05, 0) is 23.3 Å². The molecule has 0 aromatic heterocycles. The minimum atomic E-state index is -1.31. The molecule has 0 aliphatic rings. The maximum absolute atomic E-state index is 11.5. The van der Waals surface area contributed by atoms with E-state index in [9.17, 15) is 9.35 Å². The van der Waals surface area contributed by atoms with Crippen molar-refractivity contribution >= 4 is 17.1 Å². The highest BCUT2D eigenvalue weighted by Gasteiger charge is 2.15. The number of rotatable bonds is 4. The van der Waals surface area contributed by atoms with Crippen LogP contribution in [0.1, 0.15) is 0 Å². The van der Waals surface area contributed by atoms with Crippen molar-refractivity contribution < 1.29 is 14.5 Å². The first-order chi connectivity index (χ1) is 6.61. The summed E-state index contributed by atoms with van der Waals surface area (Å²) in [4.78, 5) is 11.1. The molecule has 0 saturated heterocycles. The van der Waals surface area contributed by atoms with Crippen LogP contribution in [0.5, 0.6) is 0 Å². The average molecular weight is 210 g/mol. The van der Waals surface area contributed by atoms with E-state index >= 15 is 0 Å². The van der Waals surface area contributed by atoms with E-state index in [1.165, 1.54) is 0 Å². The maximum Gasteiger partial charge on any atom is 0.335 e. The van der Waals surface area contributed by atoms with Crippen LogP contribution in [0.3, 0.4) is 0 Å². The van der Waals surface area contributed by atoms with Crippen LogP contribution in [0.15, 0.2) is 47.4 Å². The van der Waals surface area contributed by atoms with Crippen molar-refractivity contribution in [3.05, 3.63) is 42.5 Å². The highest BCUT2D eigenvalue weighted by atomic mass is 32.2. The molecule has 0 fully saturated rings. The fraction of sp³-hybridized carbons (Fsp3) is 0.100. The van der Waals surface area contributed by atoms with Gasteiger partial charge in [-0.15, -0.1) is 0 Å². The minimum absolute atomic E-state index is 0.0284. The zero-order valence-corrected chi connectivity index (χ0v) is 8.29. The Morgan fingerprint density at radius 2 is 2.00 bits per heavy atom. The van der Waals surface area contributed by atoms with Crippen LogP contribution in [-0.2, 0) is 16.0 Å². The molecule has 0 saturated carbocycles. The van der Waals surface area contributed by atoms with Crippen LogP contribution in [0, 0.1) is 0 Å². The summed E-state index contributed by atoms with van der Waals surface area (Å²) in [6, 6.07) is 8.73. The zero-order valence-electron chi connectivity index (χ0n) is 7.47. The van der Waals surface area contributed by atoms with Crippen LogP contribution in [0.25, 0.3) is 0 Å². The summed E-state index contributed by atoms with van der Waals surface area (Å²) in [5.41, 5.74) is -0.0350. The Kier molecular flexibility index (Phi) is 3.73. The Morgan fingerprint density at radius 1 is 1.43 bits per heavy atom. The van der Waals surface area contributed by atoms with E-state index in [1.807, 2.05) is 6.07 Å². The van der Waals surface area contributed by atoms with E-state index < -0.39 is 17.1 Å². The highest BCUT2D eigenvalue weighted by molar-refractivity contribution is 7.91. The van der Waals surface area contributed by atoms with E-state index in [1.54, 1.807) is 24.3 Å². The van der Waals surface area contributed by atoms with Gasteiger partial charge in [-0.1, -0.05) is 24.8 Å². The van der Waals surface area contributed by atoms with Gasteiger partial charge in [0.05, 0.1) is 5.57 Å². The summed E-state index contributed by atoms with van der Waals surface area (Å²) in [6.45, 7) is 3.33. The molecular weight excluding hydrogens is 200 g/mol. The summed E-state index contributed by atoms with van der Waals surface area (Å²) in [5, 5.41) is 8.54. The van der Waals surface area contributed by atoms with Gasteiger partial charge in [0.15, 0.2) is 4.90 Å². The first-order valence-corrected chi connectivity index (χ1v) is 5.27. The number of carbonyl (C=O) groups is 1. The van der Waals surface area contributed by atoms with Crippen molar-refractivity contribution in [2.75, 3.05) is 5.75 Å². The molecule has 0 bridgehead atoms. The van der Waals surface area contributed by atoms with Crippen LogP contribution < -0.4 is 0 Å². The minimum Gasteiger partial charge on any atom is -0.611 e. The molecule has 0 heterocycles. The monoisotopic (exact) mass is 210 g/mol. The quantitative estimate of drug-likeness (QED) is 0.604. The molecule has 0 aliphatic carbocycles. The van der Waals surface area contributed by atoms with Gasteiger partial charge >= 0.3 is 5.97 Å². The summed E-state index contributed by atoms with van der Waals surface area (Å²) in [7, 11) is 0. The summed E-state index contributed by atoms with van der Waals surface area (Å²) >= 11 is -1.31. The van der Waals surface area contributed by atoms with E-state index in [-0.39, 0.29) is 11.3 Å². The fourth-order valence-corrected chi connectivity index (χ4v) is 1.94. The molecule has 1 unspecified atom stereocenters. The largest absolute Gasteiger partial charge is 0.611 e. The van der Waals surface area contributed by atoms with E-state index in [4.69, 9.17) is 5.11 Å². The Morgan fingerprint density at radius 3 is 2.50 bits per heavy atom. The molecular formula is C10H10O3S. The molecule has 4 heteroatoms. The Balaban J connectivity index is 2.64. The second kappa shape index (κ2) is 4.83. The van der Waals surface area contributed by atoms with Crippen molar-refractivity contribution in [1.82, 2.24) is 0 Å². The number of benzene rings is 1. The lowest BCUT2D eigenvalue weighted by molar-refractivity contribution is -0.132. The average Bonchev–Trinajstić information content (AvgIpc) is 2.19. The van der Waals surface area contributed by atoms with Gasteiger partial charge in [0, 0.05) is 0 Å². The lowest BCUT2D eigenvalue weighted by atomic mass is 10.4. The maximum atomic E-state index is 11.5. The third-order valence-corrected chi connectivity index (χ3v) is 3.02. The molecule has 1 atom stereocenters. The summed E-state index contributed by atoms with van der Waals surface area (Å²) in [6.07, 6.45) is 0. The first kappa shape index (κ1) is 10.8. The smallest absolute Gasteiger partial charge is 0.335 e. The van der Waals surface area contributed by atoms with Crippen molar-refractivity contribution in [2.24, 2.45) is 0 Å². The highest BCUT2D eigenvalue weighted by Crippen LogP contribution is 2.12. The van der Waals surface area contributed by atoms with Crippen molar-refractivity contribution in [3.63, 3.8) is 0 Å². The van der Waals surface area contributed by atoms with E-state index in [0.717, 1.165) is 0 Å². The summed E-state index contributed by atoms with van der Waals surface area (Å²) in [5.74, 6) is -1.13. The van der Waals surface area contributed by atoms with Crippen LogP contribution in [0.2, 0.25) is 0 Å². The van der Waals surface area contributed by atoms with Gasteiger partial charge in [-0.25, -0.2) is 4.79 Å². The molecule has 1 aromatic carbocycles. The zero-order chi connectivity index (χ0) is 10.6. The van der Waals surface area contributed by atoms with Gasteiger partial charge in [0.2, 0.25) is 0 Å². The molecule has 74 valence electrons. The van der Waals surface area contributed by atoms with Gasteiger partial charge in [0.25, 0.3) is 0 Å². The second-order valence-corrected chi connectivity index (χ2v) is 4.16. The van der Waals surface area contributed by atoms with Crippen molar-refractivity contribution in [2.45, 2.75) is 4.90 Å². The molecule has 14 heavy (non-hydrogen) atoms. The molecule has 1 N–H and O–H groups in total. The van der Waals surface area contributed by atoms with Gasteiger partial charge in [-0.3, -0.25) is 0 Å². The van der Waals surface area contributed by atoms with E-state index in [0.29, 0.717) is 4.90 Å². The second-order valence-electron chi connectivity index (χ2n) is 2.71. The Bertz CT molecular complexity index is 334. The predicted octanol–water partition coefficient (Wildman–Crippen LogP) is 1.44.